The first-order valence-electron chi connectivity index (χ1n) is 15.1. The predicted molar refractivity (Wildman–Crippen MR) is 159 cm³/mol. The summed E-state index contributed by atoms with van der Waals surface area (Å²) in [6.07, 6.45) is 6.15. The number of aromatic nitrogens is 8. The Kier molecular flexibility index (Phi) is 8.57. The minimum Gasteiger partial charge on any atom is -0.342 e. The van der Waals surface area contributed by atoms with Gasteiger partial charge in [0.1, 0.15) is 5.82 Å². The van der Waals surface area contributed by atoms with Crippen molar-refractivity contribution in [2.24, 2.45) is 25.9 Å². The highest BCUT2D eigenvalue weighted by Crippen LogP contribution is 2.31. The number of nitrogens with one attached hydrogen (secondary N) is 2. The SMILES string of the molecule is Cn1nnnc1-c1cc(NC(=O)N[C@@H]2CCCC[C@H]2C(=O)N2CCC[C@@H](Cc3ccc(F)cc3)C2)cc(-c2nnnn2C)c1. The second-order valence-electron chi connectivity index (χ2n) is 11.8. The highest BCUT2D eigenvalue weighted by atomic mass is 19.1. The van der Waals surface area contributed by atoms with Crippen LogP contribution in [0.1, 0.15) is 44.1 Å². The summed E-state index contributed by atoms with van der Waals surface area (Å²) >= 11 is 0. The minimum absolute atomic E-state index is 0.104. The molecule has 2 N–H and O–H groups in total. The number of nitrogens with zero attached hydrogens (tertiary/aromatic N) is 9. The van der Waals surface area contributed by atoms with Crippen LogP contribution < -0.4 is 10.6 Å². The Labute approximate surface area is 254 Å². The maximum absolute atomic E-state index is 13.8. The highest BCUT2D eigenvalue weighted by Gasteiger charge is 2.36. The van der Waals surface area contributed by atoms with E-state index in [0.29, 0.717) is 40.9 Å². The monoisotopic (exact) mass is 601 g/mol. The summed E-state index contributed by atoms with van der Waals surface area (Å²) < 4.78 is 16.5. The lowest BCUT2D eigenvalue weighted by Crippen LogP contribution is -2.52. The summed E-state index contributed by atoms with van der Waals surface area (Å²) in [5.74, 6) is 0.937. The van der Waals surface area contributed by atoms with Gasteiger partial charge in [-0.3, -0.25) is 4.79 Å². The van der Waals surface area contributed by atoms with Gasteiger partial charge in [-0.1, -0.05) is 25.0 Å². The molecule has 2 aromatic heterocycles. The van der Waals surface area contributed by atoms with Gasteiger partial charge in [-0.25, -0.2) is 18.5 Å². The number of tetrazole rings is 2. The Hall–Kier alpha value is -4.75. The average molecular weight is 602 g/mol. The van der Waals surface area contributed by atoms with Gasteiger partial charge < -0.3 is 15.5 Å². The Morgan fingerprint density at radius 1 is 0.886 bits per heavy atom. The van der Waals surface area contributed by atoms with Gasteiger partial charge in [-0.05, 0) is 94.8 Å². The third-order valence-corrected chi connectivity index (χ3v) is 8.62. The molecule has 0 bridgehead atoms. The molecule has 3 atom stereocenters. The number of benzene rings is 2. The topological polar surface area (TPSA) is 149 Å². The molecule has 1 saturated carbocycles. The zero-order valence-corrected chi connectivity index (χ0v) is 24.9. The maximum atomic E-state index is 13.8. The molecule has 230 valence electrons. The van der Waals surface area contributed by atoms with E-state index in [1.165, 1.54) is 12.1 Å². The number of carbonyl (C=O) groups is 2. The van der Waals surface area contributed by atoms with E-state index in [1.807, 2.05) is 23.1 Å². The molecule has 44 heavy (non-hydrogen) atoms. The first kappa shape index (κ1) is 29.3. The number of urea groups is 1. The second-order valence-corrected chi connectivity index (χ2v) is 11.8. The Bertz CT molecular complexity index is 1560. The molecular weight excluding hydrogens is 565 g/mol. The van der Waals surface area contributed by atoms with Crippen LogP contribution in [-0.4, -0.2) is 76.4 Å². The second kappa shape index (κ2) is 12.9. The van der Waals surface area contributed by atoms with Crippen LogP contribution in [0.15, 0.2) is 42.5 Å². The fraction of sp³-hybridized carbons (Fsp3) is 0.467. The lowest BCUT2D eigenvalue weighted by atomic mass is 9.82. The molecule has 6 rings (SSSR count). The average Bonchev–Trinajstić information content (AvgIpc) is 3.66. The van der Waals surface area contributed by atoms with E-state index >= 15 is 0 Å². The molecule has 2 fully saturated rings. The van der Waals surface area contributed by atoms with Crippen molar-refractivity contribution in [3.05, 3.63) is 53.8 Å². The summed E-state index contributed by atoms with van der Waals surface area (Å²) in [5.41, 5.74) is 2.95. The Morgan fingerprint density at radius 3 is 2.18 bits per heavy atom. The number of hydrogen-bond donors (Lipinski definition) is 2. The van der Waals surface area contributed by atoms with Crippen LogP contribution in [0.25, 0.3) is 22.8 Å². The van der Waals surface area contributed by atoms with Gasteiger partial charge in [0.05, 0.1) is 5.92 Å². The van der Waals surface area contributed by atoms with E-state index in [4.69, 9.17) is 0 Å². The van der Waals surface area contributed by atoms with Crippen LogP contribution in [0.5, 0.6) is 0 Å². The molecule has 0 spiro atoms. The first-order valence-corrected chi connectivity index (χ1v) is 15.1. The van der Waals surface area contributed by atoms with Crippen molar-refractivity contribution in [2.75, 3.05) is 18.4 Å². The molecule has 0 radical (unpaired) electrons. The fourth-order valence-electron chi connectivity index (χ4n) is 6.46. The Morgan fingerprint density at radius 2 is 1.55 bits per heavy atom. The summed E-state index contributed by atoms with van der Waals surface area (Å²) in [7, 11) is 3.47. The van der Waals surface area contributed by atoms with Crippen molar-refractivity contribution in [2.45, 2.75) is 51.0 Å². The van der Waals surface area contributed by atoms with E-state index in [2.05, 4.69) is 41.7 Å². The van der Waals surface area contributed by atoms with Crippen molar-refractivity contribution < 1.29 is 14.0 Å². The predicted octanol–water partition coefficient (Wildman–Crippen LogP) is 3.37. The van der Waals surface area contributed by atoms with Crippen molar-refractivity contribution in [1.29, 1.82) is 0 Å². The third-order valence-electron chi connectivity index (χ3n) is 8.62. The number of piperidine rings is 1. The molecule has 1 aliphatic heterocycles. The molecule has 3 heterocycles. The van der Waals surface area contributed by atoms with Crippen molar-refractivity contribution in [1.82, 2.24) is 50.6 Å². The van der Waals surface area contributed by atoms with E-state index in [9.17, 15) is 14.0 Å². The minimum atomic E-state index is -0.391. The molecule has 2 aliphatic rings. The van der Waals surface area contributed by atoms with Crippen LogP contribution in [0.4, 0.5) is 14.9 Å². The molecule has 1 aliphatic carbocycles. The molecule has 14 heteroatoms. The van der Waals surface area contributed by atoms with E-state index in [-0.39, 0.29) is 23.7 Å². The van der Waals surface area contributed by atoms with Crippen LogP contribution >= 0.6 is 0 Å². The standard InChI is InChI=1S/C30H36FN11O2/c1-40-27(34-36-38-40)21-15-22(28-35-37-39-41(28)2)17-24(16-21)32-30(44)33-26-8-4-3-7-25(26)29(43)42-13-5-6-20(18-42)14-19-9-11-23(31)12-10-19/h9-12,15-17,20,25-26H,3-8,13-14,18H2,1-2H3,(H2,32,33,44)/t20-,25+,26+/m0/s1. The molecule has 3 amide bonds. The van der Waals surface area contributed by atoms with Crippen LogP contribution in [0, 0.1) is 17.7 Å². The lowest BCUT2D eigenvalue weighted by molar-refractivity contribution is -0.139. The molecule has 1 saturated heterocycles. The van der Waals surface area contributed by atoms with Gasteiger partial charge in [0.2, 0.25) is 5.91 Å². The summed E-state index contributed by atoms with van der Waals surface area (Å²) in [4.78, 5) is 29.2. The van der Waals surface area contributed by atoms with E-state index in [1.54, 1.807) is 35.6 Å². The fourth-order valence-corrected chi connectivity index (χ4v) is 6.46. The largest absolute Gasteiger partial charge is 0.342 e. The lowest BCUT2D eigenvalue weighted by Gasteiger charge is -2.39. The number of likely N-dealkylation sites (tertiary alicyclic amines) is 1. The van der Waals surface area contributed by atoms with Crippen LogP contribution in [0.3, 0.4) is 0 Å². The zero-order valence-electron chi connectivity index (χ0n) is 24.9. The Balaban J connectivity index is 1.14. The highest BCUT2D eigenvalue weighted by molar-refractivity contribution is 5.92. The number of halogens is 1. The smallest absolute Gasteiger partial charge is 0.319 e. The number of amides is 3. The summed E-state index contributed by atoms with van der Waals surface area (Å²) in [6, 6.07) is 11.4. The summed E-state index contributed by atoms with van der Waals surface area (Å²) in [6.45, 7) is 1.40. The number of hydrogen-bond acceptors (Lipinski definition) is 8. The van der Waals surface area contributed by atoms with Gasteiger partial charge in [0, 0.05) is 50.0 Å². The van der Waals surface area contributed by atoms with Crippen molar-refractivity contribution in [3.63, 3.8) is 0 Å². The molecule has 13 nitrogen and oxygen atoms in total. The van der Waals surface area contributed by atoms with Gasteiger partial charge in [-0.15, -0.1) is 10.2 Å². The summed E-state index contributed by atoms with van der Waals surface area (Å²) in [5, 5.41) is 29.6. The quantitative estimate of drug-likeness (QED) is 0.328. The zero-order chi connectivity index (χ0) is 30.6. The van der Waals surface area contributed by atoms with E-state index < -0.39 is 6.03 Å². The van der Waals surface area contributed by atoms with Crippen LogP contribution in [-0.2, 0) is 25.3 Å². The van der Waals surface area contributed by atoms with Gasteiger partial charge in [0.25, 0.3) is 0 Å². The molecular formula is C30H36FN11O2. The first-order chi connectivity index (χ1) is 21.3. The number of anilines is 1. The number of carbonyl (C=O) groups excluding carboxylic acids is 2. The molecule has 2 aromatic carbocycles. The third kappa shape index (κ3) is 6.58. The van der Waals surface area contributed by atoms with Gasteiger partial charge >= 0.3 is 6.03 Å². The van der Waals surface area contributed by atoms with Crippen molar-refractivity contribution in [3.8, 4) is 22.8 Å². The van der Waals surface area contributed by atoms with Crippen molar-refractivity contribution >= 4 is 17.6 Å². The van der Waals surface area contributed by atoms with Gasteiger partial charge in [0.15, 0.2) is 11.6 Å². The number of rotatable bonds is 7. The maximum Gasteiger partial charge on any atom is 0.319 e. The van der Waals surface area contributed by atoms with Crippen LogP contribution in [0.2, 0.25) is 0 Å². The number of aryl methyl sites for hydroxylation is 2. The van der Waals surface area contributed by atoms with Gasteiger partial charge in [-0.2, -0.15) is 0 Å². The molecule has 4 aromatic rings. The normalized spacial score (nSPS) is 20.3. The molecule has 0 unspecified atom stereocenters. The van der Waals surface area contributed by atoms with E-state index in [0.717, 1.165) is 57.1 Å².